The fourth-order valence-electron chi connectivity index (χ4n) is 2.31. The van der Waals surface area contributed by atoms with Gasteiger partial charge in [-0.2, -0.15) is 4.72 Å². The molecule has 26 heavy (non-hydrogen) atoms. The quantitative estimate of drug-likeness (QED) is 0.672. The number of benzene rings is 1. The number of amides is 1. The summed E-state index contributed by atoms with van der Waals surface area (Å²) in [6.07, 6.45) is 0.524. The zero-order chi connectivity index (χ0) is 19.2. The fraction of sp³-hybridized carbons (Fsp3) is 0.353. The highest BCUT2D eigenvalue weighted by Gasteiger charge is 2.22. The molecule has 1 amide bonds. The fourth-order valence-corrected chi connectivity index (χ4v) is 4.52. The average Bonchev–Trinajstić information content (AvgIpc) is 3.16. The lowest BCUT2D eigenvalue weighted by Gasteiger charge is -2.15. The molecule has 0 aliphatic rings. The van der Waals surface area contributed by atoms with Gasteiger partial charge < -0.3 is 14.8 Å². The second kappa shape index (κ2) is 9.02. The number of hydrogen-bond donors (Lipinski definition) is 2. The summed E-state index contributed by atoms with van der Waals surface area (Å²) in [6, 6.07) is 7.69. The van der Waals surface area contributed by atoms with Crippen molar-refractivity contribution in [3.05, 3.63) is 41.3 Å². The molecule has 0 fully saturated rings. The SMILES string of the molecule is COc1ccc(OC)c(CCNC(=O)C(C)NS(=O)(=O)c2cccs2)c1. The number of ether oxygens (including phenoxy) is 2. The maximum atomic E-state index is 12.2. The molecule has 1 heterocycles. The topological polar surface area (TPSA) is 93.7 Å². The number of hydrogen-bond acceptors (Lipinski definition) is 6. The minimum Gasteiger partial charge on any atom is -0.497 e. The molecule has 1 aromatic heterocycles. The van der Waals surface area contributed by atoms with Crippen LogP contribution in [0, 0.1) is 0 Å². The van der Waals surface area contributed by atoms with Crippen molar-refractivity contribution in [1.82, 2.24) is 10.0 Å². The van der Waals surface area contributed by atoms with E-state index in [0.717, 1.165) is 16.9 Å². The number of nitrogens with one attached hydrogen (secondary N) is 2. The molecule has 0 saturated carbocycles. The Hall–Kier alpha value is -2.10. The first-order valence-corrected chi connectivity index (χ1v) is 10.3. The van der Waals surface area contributed by atoms with E-state index in [1.165, 1.54) is 13.0 Å². The molecule has 0 radical (unpaired) electrons. The Morgan fingerprint density at radius 3 is 2.62 bits per heavy atom. The monoisotopic (exact) mass is 398 g/mol. The minimum absolute atomic E-state index is 0.179. The molecule has 0 bridgehead atoms. The zero-order valence-electron chi connectivity index (χ0n) is 14.8. The van der Waals surface area contributed by atoms with E-state index in [4.69, 9.17) is 9.47 Å². The van der Waals surface area contributed by atoms with Gasteiger partial charge >= 0.3 is 0 Å². The van der Waals surface area contributed by atoms with Crippen LogP contribution in [0.15, 0.2) is 39.9 Å². The van der Waals surface area contributed by atoms with E-state index in [-0.39, 0.29) is 4.21 Å². The van der Waals surface area contributed by atoms with E-state index >= 15 is 0 Å². The third kappa shape index (κ3) is 5.20. The predicted octanol–water partition coefficient (Wildman–Crippen LogP) is 1.79. The zero-order valence-corrected chi connectivity index (χ0v) is 16.4. The largest absolute Gasteiger partial charge is 0.497 e. The molecule has 1 unspecified atom stereocenters. The maximum Gasteiger partial charge on any atom is 0.250 e. The van der Waals surface area contributed by atoms with E-state index in [0.29, 0.717) is 24.5 Å². The second-order valence-corrected chi connectivity index (χ2v) is 8.38. The summed E-state index contributed by atoms with van der Waals surface area (Å²) < 4.78 is 37.3. The van der Waals surface area contributed by atoms with E-state index < -0.39 is 22.0 Å². The maximum absolute atomic E-state index is 12.2. The summed E-state index contributed by atoms with van der Waals surface area (Å²) >= 11 is 1.10. The van der Waals surface area contributed by atoms with Crippen LogP contribution in [0.1, 0.15) is 12.5 Å². The summed E-state index contributed by atoms with van der Waals surface area (Å²) in [5.74, 6) is 1.00. The summed E-state index contributed by atoms with van der Waals surface area (Å²) in [6.45, 7) is 1.85. The summed E-state index contributed by atoms with van der Waals surface area (Å²) in [5, 5.41) is 4.40. The van der Waals surface area contributed by atoms with Crippen LogP contribution in [-0.2, 0) is 21.2 Å². The molecule has 2 N–H and O–H groups in total. The molecule has 1 aromatic carbocycles. The number of methoxy groups -OCH3 is 2. The lowest BCUT2D eigenvalue weighted by molar-refractivity contribution is -0.122. The first-order chi connectivity index (χ1) is 12.4. The summed E-state index contributed by atoms with van der Waals surface area (Å²) in [7, 11) is -0.534. The Morgan fingerprint density at radius 2 is 2.00 bits per heavy atom. The van der Waals surface area contributed by atoms with Crippen molar-refractivity contribution < 1.29 is 22.7 Å². The van der Waals surface area contributed by atoms with Crippen molar-refractivity contribution in [2.24, 2.45) is 0 Å². The Labute approximate surface area is 157 Å². The highest BCUT2D eigenvalue weighted by molar-refractivity contribution is 7.91. The van der Waals surface area contributed by atoms with E-state index in [9.17, 15) is 13.2 Å². The lowest BCUT2D eigenvalue weighted by atomic mass is 10.1. The average molecular weight is 399 g/mol. The molecule has 0 aliphatic heterocycles. The Morgan fingerprint density at radius 1 is 1.23 bits per heavy atom. The van der Waals surface area contributed by atoms with Gasteiger partial charge in [0.15, 0.2) is 0 Å². The molecular formula is C17H22N2O5S2. The number of sulfonamides is 1. The van der Waals surface area contributed by atoms with Crippen LogP contribution < -0.4 is 19.5 Å². The Bertz CT molecular complexity index is 835. The van der Waals surface area contributed by atoms with Crippen LogP contribution in [0.4, 0.5) is 0 Å². The van der Waals surface area contributed by atoms with Crippen molar-refractivity contribution in [1.29, 1.82) is 0 Å². The van der Waals surface area contributed by atoms with E-state index in [1.807, 2.05) is 6.07 Å². The summed E-state index contributed by atoms with van der Waals surface area (Å²) in [4.78, 5) is 12.2. The van der Waals surface area contributed by atoms with Gasteiger partial charge in [-0.3, -0.25) is 4.79 Å². The summed E-state index contributed by atoms with van der Waals surface area (Å²) in [5.41, 5.74) is 0.888. The number of carbonyl (C=O) groups excluding carboxylic acids is 1. The van der Waals surface area contributed by atoms with Crippen molar-refractivity contribution in [3.8, 4) is 11.5 Å². The standard InChI is InChI=1S/C17H22N2O5S2/c1-12(19-26(21,22)16-5-4-10-25-16)17(20)18-9-8-13-11-14(23-2)6-7-15(13)24-3/h4-7,10-12,19H,8-9H2,1-3H3,(H,18,20). The number of thiophene rings is 1. The normalized spacial score (nSPS) is 12.4. The Kier molecular flexibility index (Phi) is 7.01. The molecule has 142 valence electrons. The third-order valence-corrected chi connectivity index (χ3v) is 6.60. The first-order valence-electron chi connectivity index (χ1n) is 7.92. The smallest absolute Gasteiger partial charge is 0.250 e. The molecule has 0 saturated heterocycles. The van der Waals surface area contributed by atoms with Gasteiger partial charge in [-0.1, -0.05) is 6.07 Å². The molecule has 9 heteroatoms. The van der Waals surface area contributed by atoms with Crippen LogP contribution in [0.5, 0.6) is 11.5 Å². The van der Waals surface area contributed by atoms with Crippen molar-refractivity contribution in [2.75, 3.05) is 20.8 Å². The van der Waals surface area contributed by atoms with Gasteiger partial charge in [-0.05, 0) is 48.6 Å². The predicted molar refractivity (Wildman–Crippen MR) is 100 cm³/mol. The van der Waals surface area contributed by atoms with Crippen LogP contribution in [-0.4, -0.2) is 41.1 Å². The Balaban J connectivity index is 1.90. The van der Waals surface area contributed by atoms with Gasteiger partial charge in [-0.25, -0.2) is 8.42 Å². The van der Waals surface area contributed by atoms with Gasteiger partial charge in [0.2, 0.25) is 5.91 Å². The molecule has 0 spiro atoms. The first kappa shape index (κ1) is 20.2. The highest BCUT2D eigenvalue weighted by Crippen LogP contribution is 2.24. The van der Waals surface area contributed by atoms with Crippen molar-refractivity contribution >= 4 is 27.3 Å². The van der Waals surface area contributed by atoms with E-state index in [1.54, 1.807) is 37.8 Å². The van der Waals surface area contributed by atoms with Crippen molar-refractivity contribution in [3.63, 3.8) is 0 Å². The van der Waals surface area contributed by atoms with E-state index in [2.05, 4.69) is 10.0 Å². The highest BCUT2D eigenvalue weighted by atomic mass is 32.2. The van der Waals surface area contributed by atoms with Gasteiger partial charge in [0.25, 0.3) is 10.0 Å². The lowest BCUT2D eigenvalue weighted by Crippen LogP contribution is -2.45. The van der Waals surface area contributed by atoms with Crippen molar-refractivity contribution in [2.45, 2.75) is 23.6 Å². The molecule has 2 aromatic rings. The molecule has 1 atom stereocenters. The number of carbonyl (C=O) groups is 1. The third-order valence-electron chi connectivity index (χ3n) is 3.67. The molecule has 2 rings (SSSR count). The number of rotatable bonds is 9. The van der Waals surface area contributed by atoms with Gasteiger partial charge in [0, 0.05) is 6.54 Å². The van der Waals surface area contributed by atoms with Gasteiger partial charge in [0.05, 0.1) is 20.3 Å². The van der Waals surface area contributed by atoms with Gasteiger partial charge in [0.1, 0.15) is 15.7 Å². The van der Waals surface area contributed by atoms with Crippen LogP contribution >= 0.6 is 11.3 Å². The van der Waals surface area contributed by atoms with Crippen LogP contribution in [0.25, 0.3) is 0 Å². The molecular weight excluding hydrogens is 376 g/mol. The van der Waals surface area contributed by atoms with Crippen LogP contribution in [0.2, 0.25) is 0 Å². The molecule has 7 nitrogen and oxygen atoms in total. The minimum atomic E-state index is -3.69. The molecule has 0 aliphatic carbocycles. The van der Waals surface area contributed by atoms with Gasteiger partial charge in [-0.15, -0.1) is 11.3 Å². The second-order valence-electron chi connectivity index (χ2n) is 5.49. The van der Waals surface area contributed by atoms with Crippen LogP contribution in [0.3, 0.4) is 0 Å².